The van der Waals surface area contributed by atoms with Crippen LogP contribution in [0, 0.1) is 0 Å². The Hall–Kier alpha value is -0.440. The van der Waals surface area contributed by atoms with E-state index in [4.69, 9.17) is 11.3 Å². The Morgan fingerprint density at radius 2 is 2.11 bits per heavy atom. The molecule has 1 fully saturated rings. The fourth-order valence-corrected chi connectivity index (χ4v) is 0.797. The van der Waals surface area contributed by atoms with Crippen molar-refractivity contribution in [1.29, 1.82) is 0 Å². The highest BCUT2D eigenvalue weighted by molar-refractivity contribution is 5.85. The highest BCUT2D eigenvalue weighted by atomic mass is 35.5. The zero-order valence-corrected chi connectivity index (χ0v) is 5.71. The molecule has 0 bridgehead atoms. The molecule has 0 aliphatic heterocycles. The van der Waals surface area contributed by atoms with Gasteiger partial charge >= 0.3 is 0 Å². The van der Waals surface area contributed by atoms with Gasteiger partial charge in [-0.25, -0.2) is 0 Å². The van der Waals surface area contributed by atoms with Gasteiger partial charge in [-0.1, -0.05) is 5.11 Å². The number of nitrogens with zero attached hydrogens (tertiary/aromatic N) is 3. The lowest BCUT2D eigenvalue weighted by Crippen LogP contribution is -2.38. The molecule has 1 saturated carbocycles. The maximum absolute atomic E-state index is 7.91. The molecule has 0 amide bonds. The number of hydrogen-bond acceptors (Lipinski definition) is 2. The Morgan fingerprint density at radius 1 is 1.56 bits per heavy atom. The number of rotatable bonds is 1. The van der Waals surface area contributed by atoms with E-state index in [1.807, 2.05) is 0 Å². The predicted octanol–water partition coefficient (Wildman–Crippen LogP) is 1.21. The predicted molar refractivity (Wildman–Crippen MR) is 37.4 cm³/mol. The van der Waals surface area contributed by atoms with Crippen molar-refractivity contribution in [2.75, 3.05) is 0 Å². The van der Waals surface area contributed by atoms with Gasteiger partial charge in [0.05, 0.1) is 0 Å². The van der Waals surface area contributed by atoms with Crippen molar-refractivity contribution < 1.29 is 0 Å². The molecule has 52 valence electrons. The fourth-order valence-electron chi connectivity index (χ4n) is 0.797. The average molecular weight is 149 g/mol. The van der Waals surface area contributed by atoms with Crippen LogP contribution in [0.15, 0.2) is 5.11 Å². The van der Waals surface area contributed by atoms with Gasteiger partial charge in [0, 0.05) is 17.0 Å². The van der Waals surface area contributed by atoms with Crippen molar-refractivity contribution in [2.24, 2.45) is 10.8 Å². The van der Waals surface area contributed by atoms with Crippen molar-refractivity contribution in [3.05, 3.63) is 10.4 Å². The first-order chi connectivity index (χ1) is 3.83. The zero-order chi connectivity index (χ0) is 5.98. The van der Waals surface area contributed by atoms with Gasteiger partial charge in [-0.2, -0.15) is 0 Å². The van der Waals surface area contributed by atoms with E-state index >= 15 is 0 Å². The molecular weight excluding hydrogens is 140 g/mol. The van der Waals surface area contributed by atoms with Crippen LogP contribution >= 0.6 is 12.4 Å². The van der Waals surface area contributed by atoms with Gasteiger partial charge in [-0.05, 0) is 18.4 Å². The summed E-state index contributed by atoms with van der Waals surface area (Å²) < 4.78 is 0. The summed E-state index contributed by atoms with van der Waals surface area (Å²) in [4.78, 5) is 2.66. The van der Waals surface area contributed by atoms with E-state index in [1.165, 1.54) is 0 Å². The third kappa shape index (κ3) is 2.10. The van der Waals surface area contributed by atoms with Gasteiger partial charge in [-0.15, -0.1) is 12.4 Å². The first kappa shape index (κ1) is 8.56. The lowest BCUT2D eigenvalue weighted by atomic mass is 9.89. The Bertz CT molecular complexity index is 125. The summed E-state index contributed by atoms with van der Waals surface area (Å²) in [5.74, 6) is 0. The Morgan fingerprint density at radius 3 is 2.44 bits per heavy atom. The third-order valence-electron chi connectivity index (χ3n) is 1.36. The number of azide groups is 1. The second-order valence-corrected chi connectivity index (χ2v) is 2.09. The molecule has 0 aromatic heterocycles. The molecule has 0 unspecified atom stereocenters. The van der Waals surface area contributed by atoms with Crippen molar-refractivity contribution in [3.8, 4) is 0 Å². The lowest BCUT2D eigenvalue weighted by molar-refractivity contribution is 0.351. The van der Waals surface area contributed by atoms with Gasteiger partial charge in [-0.3, -0.25) is 0 Å². The van der Waals surface area contributed by atoms with Crippen LogP contribution in [0.2, 0.25) is 0 Å². The molecule has 0 heterocycles. The van der Waals surface area contributed by atoms with E-state index in [0.29, 0.717) is 0 Å². The van der Waals surface area contributed by atoms with E-state index in [-0.39, 0.29) is 24.5 Å². The minimum Gasteiger partial charge on any atom is -0.328 e. The molecule has 5 heteroatoms. The molecule has 0 spiro atoms. The van der Waals surface area contributed by atoms with E-state index in [2.05, 4.69) is 10.0 Å². The quantitative estimate of drug-likeness (QED) is 0.339. The van der Waals surface area contributed by atoms with Crippen LogP contribution in [0.4, 0.5) is 0 Å². The Labute approximate surface area is 59.5 Å². The van der Waals surface area contributed by atoms with Crippen LogP contribution in [-0.4, -0.2) is 12.1 Å². The summed E-state index contributed by atoms with van der Waals surface area (Å²) >= 11 is 0. The summed E-state index contributed by atoms with van der Waals surface area (Å²) in [5, 5.41) is 3.48. The summed E-state index contributed by atoms with van der Waals surface area (Å²) in [6.07, 6.45) is 1.73. The molecule has 1 aliphatic carbocycles. The number of nitrogens with two attached hydrogens (primary N) is 1. The molecule has 9 heavy (non-hydrogen) atoms. The third-order valence-corrected chi connectivity index (χ3v) is 1.36. The maximum atomic E-state index is 7.91. The molecule has 4 nitrogen and oxygen atoms in total. The normalized spacial score (nSPS) is 31.2. The molecule has 0 saturated heterocycles. The minimum atomic E-state index is 0. The van der Waals surface area contributed by atoms with Gasteiger partial charge in [0.2, 0.25) is 0 Å². The van der Waals surface area contributed by atoms with Crippen LogP contribution in [0.1, 0.15) is 12.8 Å². The van der Waals surface area contributed by atoms with Gasteiger partial charge < -0.3 is 5.73 Å². The number of halogens is 1. The molecule has 0 aromatic carbocycles. The summed E-state index contributed by atoms with van der Waals surface area (Å²) in [7, 11) is 0. The van der Waals surface area contributed by atoms with E-state index in [0.717, 1.165) is 12.8 Å². The largest absolute Gasteiger partial charge is 0.328 e. The summed E-state index contributed by atoms with van der Waals surface area (Å²) in [6, 6.07) is 0.473. The van der Waals surface area contributed by atoms with Crippen LogP contribution in [0.3, 0.4) is 0 Å². The Balaban J connectivity index is 0.000000640. The van der Waals surface area contributed by atoms with E-state index in [1.54, 1.807) is 0 Å². The second-order valence-electron chi connectivity index (χ2n) is 2.09. The van der Waals surface area contributed by atoms with Crippen molar-refractivity contribution in [1.82, 2.24) is 0 Å². The molecule has 1 aliphatic rings. The van der Waals surface area contributed by atoms with Gasteiger partial charge in [0.1, 0.15) is 0 Å². The summed E-state index contributed by atoms with van der Waals surface area (Å²) in [6.45, 7) is 0. The maximum Gasteiger partial charge on any atom is 0.0403 e. The van der Waals surface area contributed by atoms with Crippen LogP contribution in [-0.2, 0) is 0 Å². The van der Waals surface area contributed by atoms with Gasteiger partial charge in [0.25, 0.3) is 0 Å². The first-order valence-electron chi connectivity index (χ1n) is 2.62. The van der Waals surface area contributed by atoms with Crippen LogP contribution < -0.4 is 5.73 Å². The highest BCUT2D eigenvalue weighted by Gasteiger charge is 2.23. The average Bonchev–Trinajstić information content (AvgIpc) is 1.64. The van der Waals surface area contributed by atoms with Crippen LogP contribution in [0.25, 0.3) is 10.4 Å². The Kier molecular flexibility index (Phi) is 3.39. The molecule has 0 atom stereocenters. The topological polar surface area (TPSA) is 74.8 Å². The first-order valence-corrected chi connectivity index (χ1v) is 2.62. The second kappa shape index (κ2) is 3.56. The number of hydrogen-bond donors (Lipinski definition) is 1. The molecule has 0 aromatic rings. The van der Waals surface area contributed by atoms with E-state index in [9.17, 15) is 0 Å². The van der Waals surface area contributed by atoms with Gasteiger partial charge in [0.15, 0.2) is 0 Å². The van der Waals surface area contributed by atoms with Crippen molar-refractivity contribution >= 4 is 12.4 Å². The van der Waals surface area contributed by atoms with E-state index < -0.39 is 0 Å². The van der Waals surface area contributed by atoms with Crippen LogP contribution in [0.5, 0.6) is 0 Å². The molecule has 1 rings (SSSR count). The minimum absolute atomic E-state index is 0. The van der Waals surface area contributed by atoms with Crippen molar-refractivity contribution in [3.63, 3.8) is 0 Å². The highest BCUT2D eigenvalue weighted by Crippen LogP contribution is 2.20. The molecule has 2 N–H and O–H groups in total. The monoisotopic (exact) mass is 148 g/mol. The lowest BCUT2D eigenvalue weighted by Gasteiger charge is -2.27. The standard InChI is InChI=1S/C4H8N4.ClH/c5-3-1-4(2-3)7-8-6;/h3-4H,1-2,5H2;1H/t3-,4+;. The molecule has 0 radical (unpaired) electrons. The molecular formula is C4H9ClN4. The smallest absolute Gasteiger partial charge is 0.0403 e. The summed E-state index contributed by atoms with van der Waals surface area (Å²) in [5.41, 5.74) is 13.3. The zero-order valence-electron chi connectivity index (χ0n) is 4.90. The fraction of sp³-hybridized carbons (Fsp3) is 1.00. The SMILES string of the molecule is Cl.[N-]=[N+]=N[C@H]1C[C@@H](N)C1. The van der Waals surface area contributed by atoms with Crippen molar-refractivity contribution in [2.45, 2.75) is 24.9 Å².